The van der Waals surface area contributed by atoms with E-state index in [9.17, 15) is 0 Å². The summed E-state index contributed by atoms with van der Waals surface area (Å²) < 4.78 is 5.20. The highest BCUT2D eigenvalue weighted by molar-refractivity contribution is 7.13. The summed E-state index contributed by atoms with van der Waals surface area (Å²) in [5, 5.41) is 15.0. The maximum atomic E-state index is 5.20. The molecule has 6 nitrogen and oxygen atoms in total. The molecule has 0 saturated heterocycles. The molecule has 0 spiro atoms. The van der Waals surface area contributed by atoms with E-state index in [-0.39, 0.29) is 0 Å². The molecule has 0 bridgehead atoms. The van der Waals surface area contributed by atoms with Crippen LogP contribution in [0.5, 0.6) is 5.75 Å². The van der Waals surface area contributed by atoms with Crippen molar-refractivity contribution in [1.82, 2.24) is 20.2 Å². The number of nitrogens with one attached hydrogen (secondary N) is 1. The highest BCUT2D eigenvalue weighted by atomic mass is 32.1. The topological polar surface area (TPSA) is 72.8 Å². The van der Waals surface area contributed by atoms with Gasteiger partial charge in [0.05, 0.1) is 18.5 Å². The molecule has 0 saturated carbocycles. The number of ether oxygens (including phenoxy) is 1. The molecule has 1 N–H and O–H groups in total. The van der Waals surface area contributed by atoms with Crippen LogP contribution in [0.15, 0.2) is 90.6 Å². The Balaban J connectivity index is 1.32. The molecule has 5 aromatic rings. The number of methoxy groups -OCH3 is 1. The third kappa shape index (κ3) is 4.33. The predicted molar refractivity (Wildman–Crippen MR) is 128 cm³/mol. The fourth-order valence-corrected chi connectivity index (χ4v) is 4.07. The molecule has 7 heteroatoms. The molecule has 0 atom stereocenters. The standard InChI is InChI=1S/C25H19N5OS/c1-31-21-9-7-17(8-10-21)22-11-12-24(30-29-22)27-20-6-2-4-18(14-20)23-16-32-25(28-23)19-5-3-13-26-15-19/h2-16H,1H3,(H,27,30). The van der Waals surface area contributed by atoms with Crippen LogP contribution < -0.4 is 10.1 Å². The van der Waals surface area contributed by atoms with Crippen LogP contribution in [0.3, 0.4) is 0 Å². The van der Waals surface area contributed by atoms with Crippen LogP contribution in [0.1, 0.15) is 0 Å². The first-order valence-electron chi connectivity index (χ1n) is 10.00. The Morgan fingerprint density at radius 2 is 1.69 bits per heavy atom. The van der Waals surface area contributed by atoms with E-state index in [1.165, 1.54) is 0 Å². The van der Waals surface area contributed by atoms with Gasteiger partial charge in [0.25, 0.3) is 0 Å². The van der Waals surface area contributed by atoms with Gasteiger partial charge >= 0.3 is 0 Å². The molecular formula is C25H19N5OS. The van der Waals surface area contributed by atoms with Gasteiger partial charge in [-0.15, -0.1) is 21.5 Å². The summed E-state index contributed by atoms with van der Waals surface area (Å²) in [6.07, 6.45) is 3.59. The lowest BCUT2D eigenvalue weighted by molar-refractivity contribution is 0.415. The zero-order chi connectivity index (χ0) is 21.8. The Labute approximate surface area is 189 Å². The van der Waals surface area contributed by atoms with Crippen molar-refractivity contribution < 1.29 is 4.74 Å². The number of benzene rings is 2. The molecule has 0 aliphatic carbocycles. The molecule has 2 aromatic carbocycles. The Morgan fingerprint density at radius 3 is 2.44 bits per heavy atom. The molecule has 156 valence electrons. The minimum atomic E-state index is 0.675. The molecule has 32 heavy (non-hydrogen) atoms. The normalized spacial score (nSPS) is 10.7. The zero-order valence-corrected chi connectivity index (χ0v) is 18.1. The van der Waals surface area contributed by atoms with Crippen LogP contribution in [0.4, 0.5) is 11.5 Å². The van der Waals surface area contributed by atoms with Gasteiger partial charge in [0, 0.05) is 40.2 Å². The zero-order valence-electron chi connectivity index (χ0n) is 17.3. The highest BCUT2D eigenvalue weighted by Gasteiger charge is 2.08. The summed E-state index contributed by atoms with van der Waals surface area (Å²) in [7, 11) is 1.65. The van der Waals surface area contributed by atoms with Gasteiger partial charge in [-0.05, 0) is 60.7 Å². The van der Waals surface area contributed by atoms with Gasteiger partial charge in [-0.25, -0.2) is 4.98 Å². The number of nitrogens with zero attached hydrogens (tertiary/aromatic N) is 4. The molecule has 0 aliphatic heterocycles. The maximum Gasteiger partial charge on any atom is 0.153 e. The number of pyridine rings is 1. The lowest BCUT2D eigenvalue weighted by atomic mass is 10.1. The van der Waals surface area contributed by atoms with Crippen LogP contribution in [0, 0.1) is 0 Å². The molecule has 0 aliphatic rings. The molecule has 0 fully saturated rings. The molecular weight excluding hydrogens is 418 g/mol. The molecule has 0 unspecified atom stereocenters. The molecule has 0 amide bonds. The quantitative estimate of drug-likeness (QED) is 0.347. The first-order chi connectivity index (χ1) is 15.8. The summed E-state index contributed by atoms with van der Waals surface area (Å²) in [6, 6.07) is 23.7. The Bertz CT molecular complexity index is 1320. The average molecular weight is 438 g/mol. The Kier molecular flexibility index (Phi) is 5.55. The Morgan fingerprint density at radius 1 is 0.812 bits per heavy atom. The number of rotatable bonds is 6. The predicted octanol–water partition coefficient (Wildman–Crippen LogP) is 6.08. The highest BCUT2D eigenvalue weighted by Crippen LogP contribution is 2.30. The van der Waals surface area contributed by atoms with E-state index in [2.05, 4.69) is 31.9 Å². The average Bonchev–Trinajstić information content (AvgIpc) is 3.36. The third-order valence-corrected chi connectivity index (χ3v) is 5.79. The van der Waals surface area contributed by atoms with Crippen LogP contribution in [-0.2, 0) is 0 Å². The second-order valence-corrected chi connectivity index (χ2v) is 7.88. The number of anilines is 2. The molecule has 3 heterocycles. The van der Waals surface area contributed by atoms with E-state index in [0.717, 1.165) is 44.5 Å². The van der Waals surface area contributed by atoms with Crippen molar-refractivity contribution in [3.05, 3.63) is 90.6 Å². The number of thiazole rings is 1. The summed E-state index contributed by atoms with van der Waals surface area (Å²) in [5.74, 6) is 1.49. The SMILES string of the molecule is COc1ccc(-c2ccc(Nc3cccc(-c4csc(-c5cccnc5)n4)c3)nn2)cc1. The van der Waals surface area contributed by atoms with Crippen molar-refractivity contribution in [3.63, 3.8) is 0 Å². The van der Waals surface area contributed by atoms with E-state index in [4.69, 9.17) is 9.72 Å². The van der Waals surface area contributed by atoms with Gasteiger partial charge < -0.3 is 10.1 Å². The van der Waals surface area contributed by atoms with Crippen molar-refractivity contribution >= 4 is 22.8 Å². The maximum absolute atomic E-state index is 5.20. The van der Waals surface area contributed by atoms with Crippen LogP contribution in [0.2, 0.25) is 0 Å². The molecule has 3 aromatic heterocycles. The fourth-order valence-electron chi connectivity index (χ4n) is 3.25. The van der Waals surface area contributed by atoms with E-state index >= 15 is 0 Å². The summed E-state index contributed by atoms with van der Waals surface area (Å²) in [6.45, 7) is 0. The third-order valence-electron chi connectivity index (χ3n) is 4.89. The fraction of sp³-hybridized carbons (Fsp3) is 0.0400. The van der Waals surface area contributed by atoms with Crippen molar-refractivity contribution in [2.45, 2.75) is 0 Å². The van der Waals surface area contributed by atoms with Crippen LogP contribution >= 0.6 is 11.3 Å². The van der Waals surface area contributed by atoms with Gasteiger partial charge in [-0.1, -0.05) is 12.1 Å². The minimum Gasteiger partial charge on any atom is -0.497 e. The largest absolute Gasteiger partial charge is 0.497 e. The van der Waals surface area contributed by atoms with Crippen molar-refractivity contribution in [2.75, 3.05) is 12.4 Å². The smallest absolute Gasteiger partial charge is 0.153 e. The first kappa shape index (κ1) is 19.8. The number of aromatic nitrogens is 4. The van der Waals surface area contributed by atoms with Crippen molar-refractivity contribution in [2.24, 2.45) is 0 Å². The van der Waals surface area contributed by atoms with E-state index in [1.54, 1.807) is 24.6 Å². The lowest BCUT2D eigenvalue weighted by Gasteiger charge is -2.07. The van der Waals surface area contributed by atoms with E-state index in [0.29, 0.717) is 5.82 Å². The van der Waals surface area contributed by atoms with Crippen LogP contribution in [0.25, 0.3) is 33.1 Å². The van der Waals surface area contributed by atoms with Crippen molar-refractivity contribution in [1.29, 1.82) is 0 Å². The Hall–Kier alpha value is -4.10. The van der Waals surface area contributed by atoms with Gasteiger partial charge in [-0.3, -0.25) is 4.98 Å². The molecule has 5 rings (SSSR count). The monoisotopic (exact) mass is 437 g/mol. The van der Waals surface area contributed by atoms with Gasteiger partial charge in [-0.2, -0.15) is 0 Å². The van der Waals surface area contributed by atoms with E-state index < -0.39 is 0 Å². The number of hydrogen-bond donors (Lipinski definition) is 1. The second-order valence-electron chi connectivity index (χ2n) is 7.02. The lowest BCUT2D eigenvalue weighted by Crippen LogP contribution is -1.96. The van der Waals surface area contributed by atoms with Gasteiger partial charge in [0.15, 0.2) is 5.82 Å². The first-order valence-corrected chi connectivity index (χ1v) is 10.9. The molecule has 0 radical (unpaired) electrons. The number of hydrogen-bond acceptors (Lipinski definition) is 7. The van der Waals surface area contributed by atoms with E-state index in [1.807, 2.05) is 72.9 Å². The minimum absolute atomic E-state index is 0.675. The van der Waals surface area contributed by atoms with Crippen molar-refractivity contribution in [3.8, 4) is 38.8 Å². The second kappa shape index (κ2) is 8.95. The summed E-state index contributed by atoms with van der Waals surface area (Å²) >= 11 is 1.61. The van der Waals surface area contributed by atoms with Gasteiger partial charge in [0.1, 0.15) is 10.8 Å². The van der Waals surface area contributed by atoms with Crippen LogP contribution in [-0.4, -0.2) is 27.3 Å². The summed E-state index contributed by atoms with van der Waals surface area (Å²) in [4.78, 5) is 8.95. The van der Waals surface area contributed by atoms with Gasteiger partial charge in [0.2, 0.25) is 0 Å². The summed E-state index contributed by atoms with van der Waals surface area (Å²) in [5.41, 5.74) is 5.69.